The minimum atomic E-state index is 0.493. The van der Waals surface area contributed by atoms with Gasteiger partial charge in [-0.25, -0.2) is 4.98 Å². The van der Waals surface area contributed by atoms with E-state index in [4.69, 9.17) is 0 Å². The van der Waals surface area contributed by atoms with Gasteiger partial charge in [-0.15, -0.1) is 0 Å². The first-order valence-electron chi connectivity index (χ1n) is 5.78. The molecule has 0 bridgehead atoms. The highest BCUT2D eigenvalue weighted by molar-refractivity contribution is 7.98. The smallest absolute Gasteiger partial charge is 0.226 e. The predicted molar refractivity (Wildman–Crippen MR) is 77.2 cm³/mol. The molecule has 0 fully saturated rings. The number of aromatic nitrogens is 2. The second-order valence-electron chi connectivity index (χ2n) is 4.35. The highest BCUT2D eigenvalue weighted by Crippen LogP contribution is 2.16. The van der Waals surface area contributed by atoms with Crippen molar-refractivity contribution in [1.29, 1.82) is 0 Å². The van der Waals surface area contributed by atoms with Crippen molar-refractivity contribution in [2.45, 2.75) is 19.4 Å². The van der Waals surface area contributed by atoms with E-state index in [-0.39, 0.29) is 0 Å². The average Bonchev–Trinajstić information content (AvgIpc) is 2.35. The van der Waals surface area contributed by atoms with Gasteiger partial charge in [0.05, 0.1) is 0 Å². The van der Waals surface area contributed by atoms with Gasteiger partial charge in [-0.2, -0.15) is 16.7 Å². The molecular formula is C12H22N4S. The minimum absolute atomic E-state index is 0.493. The Bertz CT molecular complexity index is 343. The van der Waals surface area contributed by atoms with Crippen molar-refractivity contribution in [3.8, 4) is 0 Å². The van der Waals surface area contributed by atoms with E-state index in [9.17, 15) is 0 Å². The Labute approximate surface area is 108 Å². The van der Waals surface area contributed by atoms with Crippen molar-refractivity contribution in [3.63, 3.8) is 0 Å². The fraction of sp³-hybridized carbons (Fsp3) is 0.667. The molecule has 0 unspecified atom stereocenters. The van der Waals surface area contributed by atoms with Crippen LogP contribution < -0.4 is 9.80 Å². The van der Waals surface area contributed by atoms with Crippen molar-refractivity contribution < 1.29 is 0 Å². The monoisotopic (exact) mass is 254 g/mol. The SMILES string of the molecule is CSCC[C@@H](C)N(C)c1ccnc(N(C)C)n1. The van der Waals surface area contributed by atoms with Crippen LogP contribution in [0.15, 0.2) is 12.3 Å². The lowest BCUT2D eigenvalue weighted by atomic mass is 10.2. The molecule has 96 valence electrons. The quantitative estimate of drug-likeness (QED) is 0.776. The Morgan fingerprint density at radius 3 is 2.65 bits per heavy atom. The molecule has 0 N–H and O–H groups in total. The summed E-state index contributed by atoms with van der Waals surface area (Å²) in [6.45, 7) is 2.23. The van der Waals surface area contributed by atoms with Gasteiger partial charge in [0, 0.05) is 33.4 Å². The first kappa shape index (κ1) is 14.1. The van der Waals surface area contributed by atoms with E-state index in [1.54, 1.807) is 0 Å². The van der Waals surface area contributed by atoms with Crippen LogP contribution in [0.4, 0.5) is 11.8 Å². The highest BCUT2D eigenvalue weighted by Gasteiger charge is 2.12. The molecule has 0 saturated heterocycles. The van der Waals surface area contributed by atoms with Crippen molar-refractivity contribution in [1.82, 2.24) is 9.97 Å². The topological polar surface area (TPSA) is 32.3 Å². The molecule has 0 radical (unpaired) electrons. The van der Waals surface area contributed by atoms with E-state index in [0.29, 0.717) is 6.04 Å². The van der Waals surface area contributed by atoms with Gasteiger partial charge in [0.25, 0.3) is 0 Å². The first-order chi connectivity index (χ1) is 8.06. The Morgan fingerprint density at radius 2 is 2.06 bits per heavy atom. The zero-order chi connectivity index (χ0) is 12.8. The molecule has 0 aliphatic rings. The fourth-order valence-electron chi connectivity index (χ4n) is 1.46. The molecule has 1 aromatic heterocycles. The van der Waals surface area contributed by atoms with Crippen molar-refractivity contribution >= 4 is 23.5 Å². The van der Waals surface area contributed by atoms with Gasteiger partial charge >= 0.3 is 0 Å². The number of rotatable bonds is 6. The maximum Gasteiger partial charge on any atom is 0.226 e. The minimum Gasteiger partial charge on any atom is -0.357 e. The third-order valence-corrected chi connectivity index (χ3v) is 3.43. The zero-order valence-corrected chi connectivity index (χ0v) is 12.2. The highest BCUT2D eigenvalue weighted by atomic mass is 32.2. The maximum atomic E-state index is 4.54. The van der Waals surface area contributed by atoms with Crippen LogP contribution in [0.2, 0.25) is 0 Å². The molecule has 0 amide bonds. The molecule has 1 atom stereocenters. The molecule has 1 heterocycles. The molecule has 5 heteroatoms. The first-order valence-corrected chi connectivity index (χ1v) is 7.17. The van der Waals surface area contributed by atoms with Gasteiger partial charge in [-0.05, 0) is 31.4 Å². The van der Waals surface area contributed by atoms with Crippen LogP contribution in [0, 0.1) is 0 Å². The van der Waals surface area contributed by atoms with Crippen LogP contribution in [0.5, 0.6) is 0 Å². The molecule has 1 aromatic rings. The zero-order valence-electron chi connectivity index (χ0n) is 11.3. The van der Waals surface area contributed by atoms with Crippen molar-refractivity contribution in [2.24, 2.45) is 0 Å². The summed E-state index contributed by atoms with van der Waals surface area (Å²) in [6, 6.07) is 2.45. The Balaban J connectivity index is 2.74. The normalized spacial score (nSPS) is 12.3. The predicted octanol–water partition coefficient (Wildman–Crippen LogP) is 2.12. The third-order valence-electron chi connectivity index (χ3n) is 2.79. The van der Waals surface area contributed by atoms with Crippen LogP contribution in [0.25, 0.3) is 0 Å². The summed E-state index contributed by atoms with van der Waals surface area (Å²) in [5, 5.41) is 0. The van der Waals surface area contributed by atoms with E-state index < -0.39 is 0 Å². The van der Waals surface area contributed by atoms with Crippen molar-refractivity contribution in [2.75, 3.05) is 43.0 Å². The summed E-state index contributed by atoms with van der Waals surface area (Å²) in [5.74, 6) is 2.92. The molecule has 0 aliphatic carbocycles. The number of nitrogens with zero attached hydrogens (tertiary/aromatic N) is 4. The lowest BCUT2D eigenvalue weighted by Gasteiger charge is -2.26. The molecular weight excluding hydrogens is 232 g/mol. The lowest BCUT2D eigenvalue weighted by Crippen LogP contribution is -2.30. The molecule has 0 aliphatic heterocycles. The molecule has 4 nitrogen and oxygen atoms in total. The maximum absolute atomic E-state index is 4.54. The average molecular weight is 254 g/mol. The van der Waals surface area contributed by atoms with Gasteiger partial charge in [-0.3, -0.25) is 0 Å². The summed E-state index contributed by atoms with van der Waals surface area (Å²) >= 11 is 1.88. The van der Waals surface area contributed by atoms with E-state index in [1.165, 1.54) is 12.2 Å². The number of anilines is 2. The van der Waals surface area contributed by atoms with Crippen LogP contribution in [-0.2, 0) is 0 Å². The van der Waals surface area contributed by atoms with E-state index in [2.05, 4.69) is 35.1 Å². The van der Waals surface area contributed by atoms with Crippen LogP contribution in [0.3, 0.4) is 0 Å². The summed E-state index contributed by atoms with van der Waals surface area (Å²) in [5.41, 5.74) is 0. The third kappa shape index (κ3) is 4.07. The second kappa shape index (κ2) is 6.69. The Kier molecular flexibility index (Phi) is 5.55. The van der Waals surface area contributed by atoms with Crippen molar-refractivity contribution in [3.05, 3.63) is 12.3 Å². The van der Waals surface area contributed by atoms with Gasteiger partial charge in [-0.1, -0.05) is 0 Å². The summed E-state index contributed by atoms with van der Waals surface area (Å²) in [4.78, 5) is 12.9. The van der Waals surface area contributed by atoms with Gasteiger partial charge in [0.1, 0.15) is 5.82 Å². The largest absolute Gasteiger partial charge is 0.357 e. The molecule has 0 saturated carbocycles. The van der Waals surface area contributed by atoms with E-state index >= 15 is 0 Å². The van der Waals surface area contributed by atoms with Crippen LogP contribution in [-0.4, -0.2) is 49.2 Å². The van der Waals surface area contributed by atoms with Crippen LogP contribution >= 0.6 is 11.8 Å². The van der Waals surface area contributed by atoms with E-state index in [0.717, 1.165) is 11.8 Å². The summed E-state index contributed by atoms with van der Waals surface area (Å²) < 4.78 is 0. The lowest BCUT2D eigenvalue weighted by molar-refractivity contribution is 0.661. The van der Waals surface area contributed by atoms with Gasteiger partial charge < -0.3 is 9.80 Å². The fourth-order valence-corrected chi connectivity index (χ4v) is 2.04. The van der Waals surface area contributed by atoms with Gasteiger partial charge in [0.2, 0.25) is 5.95 Å². The van der Waals surface area contributed by atoms with Gasteiger partial charge in [0.15, 0.2) is 0 Å². The standard InChI is InChI=1S/C12H22N4S/c1-10(7-9-17-5)16(4)11-6-8-13-12(14-11)15(2)3/h6,8,10H,7,9H2,1-5H3/t10-/m1/s1. The van der Waals surface area contributed by atoms with E-state index in [1.807, 2.05) is 43.0 Å². The molecule has 17 heavy (non-hydrogen) atoms. The second-order valence-corrected chi connectivity index (χ2v) is 5.34. The summed E-state index contributed by atoms with van der Waals surface area (Å²) in [7, 11) is 6.00. The number of hydrogen-bond donors (Lipinski definition) is 0. The molecule has 1 rings (SSSR count). The Hall–Kier alpha value is -0.970. The number of hydrogen-bond acceptors (Lipinski definition) is 5. The molecule has 0 spiro atoms. The Morgan fingerprint density at radius 1 is 1.35 bits per heavy atom. The van der Waals surface area contributed by atoms with Crippen LogP contribution in [0.1, 0.15) is 13.3 Å². The summed E-state index contributed by atoms with van der Waals surface area (Å²) in [6.07, 6.45) is 5.12. The molecule has 0 aromatic carbocycles. The number of thioether (sulfide) groups is 1.